The van der Waals surface area contributed by atoms with Gasteiger partial charge in [-0.15, -0.1) is 0 Å². The molecule has 1 N–H and O–H groups in total. The topological polar surface area (TPSA) is 42.2 Å². The maximum absolute atomic E-state index is 6.31. The molecular formula is C23H23ClN4. The van der Waals surface area contributed by atoms with Crippen LogP contribution >= 0.6 is 11.6 Å². The van der Waals surface area contributed by atoms with Crippen LogP contribution in [0, 0.1) is 6.92 Å². The molecule has 0 atom stereocenters. The zero-order chi connectivity index (χ0) is 19.9. The van der Waals surface area contributed by atoms with Crippen LogP contribution in [-0.4, -0.2) is 14.6 Å². The van der Waals surface area contributed by atoms with Gasteiger partial charge in [-0.1, -0.05) is 68.8 Å². The van der Waals surface area contributed by atoms with Gasteiger partial charge in [0.25, 0.3) is 0 Å². The predicted octanol–water partition coefficient (Wildman–Crippen LogP) is 6.40. The first-order chi connectivity index (χ1) is 13.3. The fourth-order valence-corrected chi connectivity index (χ4v) is 3.26. The summed E-state index contributed by atoms with van der Waals surface area (Å²) in [6, 6.07) is 18.2. The Labute approximate surface area is 170 Å². The maximum Gasteiger partial charge on any atom is 0.165 e. The highest BCUT2D eigenvalue weighted by molar-refractivity contribution is 6.31. The molecule has 0 saturated carbocycles. The van der Waals surface area contributed by atoms with E-state index in [-0.39, 0.29) is 5.41 Å². The Morgan fingerprint density at radius 3 is 2.43 bits per heavy atom. The summed E-state index contributed by atoms with van der Waals surface area (Å²) < 4.78 is 1.85. The molecule has 5 heteroatoms. The third kappa shape index (κ3) is 3.48. The highest BCUT2D eigenvalue weighted by atomic mass is 35.5. The minimum absolute atomic E-state index is 0.0959. The minimum atomic E-state index is -0.0959. The molecule has 0 fully saturated rings. The van der Waals surface area contributed by atoms with E-state index >= 15 is 0 Å². The number of hydrogen-bond donors (Lipinski definition) is 1. The van der Waals surface area contributed by atoms with Crippen molar-refractivity contribution in [2.45, 2.75) is 33.1 Å². The Morgan fingerprint density at radius 1 is 1.00 bits per heavy atom. The number of nitrogens with zero attached hydrogens (tertiary/aromatic N) is 3. The van der Waals surface area contributed by atoms with Crippen LogP contribution in [0.5, 0.6) is 0 Å². The van der Waals surface area contributed by atoms with E-state index in [9.17, 15) is 0 Å². The van der Waals surface area contributed by atoms with E-state index in [0.29, 0.717) is 0 Å². The molecule has 142 valence electrons. The van der Waals surface area contributed by atoms with Crippen molar-refractivity contribution in [2.75, 3.05) is 5.32 Å². The summed E-state index contributed by atoms with van der Waals surface area (Å²) in [7, 11) is 0. The Hall–Kier alpha value is -2.85. The second-order valence-corrected chi connectivity index (χ2v) is 8.43. The monoisotopic (exact) mass is 390 g/mol. The van der Waals surface area contributed by atoms with Crippen LogP contribution in [0.2, 0.25) is 5.02 Å². The zero-order valence-corrected chi connectivity index (χ0v) is 17.2. The second-order valence-electron chi connectivity index (χ2n) is 8.03. The molecule has 28 heavy (non-hydrogen) atoms. The van der Waals surface area contributed by atoms with Crippen LogP contribution in [0.3, 0.4) is 0 Å². The van der Waals surface area contributed by atoms with Crippen molar-refractivity contribution in [3.8, 4) is 11.1 Å². The lowest BCUT2D eigenvalue weighted by Crippen LogP contribution is -2.16. The standard InChI is InChI=1S/C23H23ClN4/c1-15-10-11-17(12-19(15)24)26-21-13-20(23(2,3)4)27-22-18(14-25-28(21)22)16-8-6-5-7-9-16/h5-14,26H,1-4H3. The third-order valence-electron chi connectivity index (χ3n) is 4.77. The molecule has 0 unspecified atom stereocenters. The average Bonchev–Trinajstić information content (AvgIpc) is 3.09. The Kier molecular flexibility index (Phi) is 4.60. The first-order valence-corrected chi connectivity index (χ1v) is 9.68. The number of aromatic nitrogens is 3. The first kappa shape index (κ1) is 18.5. The van der Waals surface area contributed by atoms with Crippen molar-refractivity contribution in [2.24, 2.45) is 0 Å². The molecule has 0 spiro atoms. The number of halogens is 1. The molecule has 0 saturated heterocycles. The van der Waals surface area contributed by atoms with Crippen molar-refractivity contribution in [3.05, 3.63) is 77.1 Å². The molecule has 2 heterocycles. The first-order valence-electron chi connectivity index (χ1n) is 9.31. The van der Waals surface area contributed by atoms with E-state index in [2.05, 4.69) is 49.4 Å². The number of benzene rings is 2. The third-order valence-corrected chi connectivity index (χ3v) is 5.18. The number of aryl methyl sites for hydroxylation is 1. The van der Waals surface area contributed by atoms with E-state index in [1.165, 1.54) is 0 Å². The largest absolute Gasteiger partial charge is 0.340 e. The summed E-state index contributed by atoms with van der Waals surface area (Å²) >= 11 is 6.31. The highest BCUT2D eigenvalue weighted by Crippen LogP contribution is 2.31. The number of anilines is 2. The van der Waals surface area contributed by atoms with Crippen molar-refractivity contribution in [3.63, 3.8) is 0 Å². The van der Waals surface area contributed by atoms with Crippen molar-refractivity contribution >= 4 is 28.8 Å². The summed E-state index contributed by atoms with van der Waals surface area (Å²) in [6.45, 7) is 8.48. The van der Waals surface area contributed by atoms with Crippen LogP contribution in [0.25, 0.3) is 16.8 Å². The Balaban J connectivity index is 1.89. The molecule has 2 aromatic heterocycles. The van der Waals surface area contributed by atoms with Crippen LogP contribution in [-0.2, 0) is 5.41 Å². The van der Waals surface area contributed by atoms with E-state index in [4.69, 9.17) is 16.6 Å². The van der Waals surface area contributed by atoms with Crippen LogP contribution in [0.4, 0.5) is 11.5 Å². The minimum Gasteiger partial charge on any atom is -0.340 e. The SMILES string of the molecule is Cc1ccc(Nc2cc(C(C)(C)C)nc3c(-c4ccccc4)cnn23)cc1Cl. The van der Waals surface area contributed by atoms with Gasteiger partial charge in [-0.3, -0.25) is 0 Å². The summed E-state index contributed by atoms with van der Waals surface area (Å²) in [5, 5.41) is 8.81. The second kappa shape index (κ2) is 6.95. The van der Waals surface area contributed by atoms with Crippen LogP contribution in [0.15, 0.2) is 60.8 Å². The predicted molar refractivity (Wildman–Crippen MR) is 117 cm³/mol. The molecule has 0 aliphatic rings. The van der Waals surface area contributed by atoms with E-state index in [0.717, 1.165) is 44.6 Å². The van der Waals surface area contributed by atoms with Gasteiger partial charge in [0, 0.05) is 27.8 Å². The molecular weight excluding hydrogens is 368 g/mol. The van der Waals surface area contributed by atoms with E-state index in [1.807, 2.05) is 54.0 Å². The Morgan fingerprint density at radius 2 is 1.75 bits per heavy atom. The summed E-state index contributed by atoms with van der Waals surface area (Å²) in [6.07, 6.45) is 1.87. The summed E-state index contributed by atoms with van der Waals surface area (Å²) in [4.78, 5) is 4.95. The van der Waals surface area contributed by atoms with Gasteiger partial charge in [0.05, 0.1) is 11.9 Å². The van der Waals surface area contributed by atoms with Crippen molar-refractivity contribution in [1.82, 2.24) is 14.6 Å². The molecule has 0 aliphatic heterocycles. The lowest BCUT2D eigenvalue weighted by Gasteiger charge is -2.20. The van der Waals surface area contributed by atoms with Crippen molar-refractivity contribution in [1.29, 1.82) is 0 Å². The lowest BCUT2D eigenvalue weighted by molar-refractivity contribution is 0.569. The molecule has 0 radical (unpaired) electrons. The quantitative estimate of drug-likeness (QED) is 0.440. The summed E-state index contributed by atoms with van der Waals surface area (Å²) in [5.41, 5.74) is 5.81. The van der Waals surface area contributed by atoms with Crippen LogP contribution < -0.4 is 5.32 Å². The molecule has 2 aromatic carbocycles. The highest BCUT2D eigenvalue weighted by Gasteiger charge is 2.20. The molecule has 4 aromatic rings. The number of nitrogens with one attached hydrogen (secondary N) is 1. The van der Waals surface area contributed by atoms with Crippen molar-refractivity contribution < 1.29 is 0 Å². The van der Waals surface area contributed by atoms with E-state index < -0.39 is 0 Å². The van der Waals surface area contributed by atoms with Gasteiger partial charge in [-0.2, -0.15) is 9.61 Å². The van der Waals surface area contributed by atoms with Gasteiger partial charge in [0.2, 0.25) is 0 Å². The Bertz CT molecular complexity index is 1140. The molecule has 4 rings (SSSR count). The van der Waals surface area contributed by atoms with Gasteiger partial charge in [0.1, 0.15) is 5.82 Å². The van der Waals surface area contributed by atoms with Gasteiger partial charge < -0.3 is 5.32 Å². The van der Waals surface area contributed by atoms with Gasteiger partial charge in [-0.25, -0.2) is 4.98 Å². The van der Waals surface area contributed by atoms with Gasteiger partial charge in [0.15, 0.2) is 5.65 Å². The van der Waals surface area contributed by atoms with E-state index in [1.54, 1.807) is 0 Å². The van der Waals surface area contributed by atoms with Gasteiger partial charge >= 0.3 is 0 Å². The maximum atomic E-state index is 6.31. The fourth-order valence-electron chi connectivity index (χ4n) is 3.08. The molecule has 0 bridgehead atoms. The summed E-state index contributed by atoms with van der Waals surface area (Å²) in [5.74, 6) is 0.858. The lowest BCUT2D eigenvalue weighted by atomic mass is 9.92. The smallest absolute Gasteiger partial charge is 0.165 e. The number of fused-ring (bicyclic) bond motifs is 1. The van der Waals surface area contributed by atoms with Crippen LogP contribution in [0.1, 0.15) is 32.0 Å². The number of hydrogen-bond acceptors (Lipinski definition) is 3. The van der Waals surface area contributed by atoms with Gasteiger partial charge in [-0.05, 0) is 30.2 Å². The average molecular weight is 391 g/mol. The fraction of sp³-hybridized carbons (Fsp3) is 0.217. The molecule has 0 amide bonds. The normalized spacial score (nSPS) is 11.8. The molecule has 0 aliphatic carbocycles. The zero-order valence-electron chi connectivity index (χ0n) is 16.5. The molecule has 4 nitrogen and oxygen atoms in total. The number of rotatable bonds is 3.